The third-order valence-corrected chi connectivity index (χ3v) is 18.4. The number of carboxylic acids is 1. The molecule has 2 unspecified atom stereocenters. The van der Waals surface area contributed by atoms with Crippen LogP contribution in [0.2, 0.25) is 0 Å². The van der Waals surface area contributed by atoms with Gasteiger partial charge in [0, 0.05) is 105 Å². The summed E-state index contributed by atoms with van der Waals surface area (Å²) in [5, 5.41) is 75.0. The van der Waals surface area contributed by atoms with Crippen molar-refractivity contribution in [2.45, 2.75) is 215 Å². The summed E-state index contributed by atoms with van der Waals surface area (Å²) in [7, 11) is 0. The maximum absolute atomic E-state index is 12.2. The molecule has 3 amide bonds. The Hall–Kier alpha value is -2.74. The summed E-state index contributed by atoms with van der Waals surface area (Å²) in [6.07, 6.45) is -0.421. The molecule has 31 heteroatoms. The second-order valence-electron chi connectivity index (χ2n) is 20.7. The largest absolute Gasteiger partial charge is 0.481 e. The number of carboxylic acid groups (broad SMARTS) is 1. The minimum atomic E-state index is -1.35. The maximum atomic E-state index is 12.2. The molecule has 12 N–H and O–H groups in total. The third-order valence-electron chi connectivity index (χ3n) is 13.0. The van der Waals surface area contributed by atoms with Gasteiger partial charge in [-0.2, -0.15) is 11.8 Å². The Kier molecular flexibility index (Phi) is 49.2. The third kappa shape index (κ3) is 39.6. The number of thioether (sulfide) groups is 4. The molecule has 0 aliphatic carbocycles. The molecule has 506 valence electrons. The number of amides is 3. The van der Waals surface area contributed by atoms with E-state index in [1.54, 1.807) is 11.8 Å². The van der Waals surface area contributed by atoms with E-state index in [-0.39, 0.29) is 56.0 Å². The molecule has 2 rings (SSSR count). The van der Waals surface area contributed by atoms with Gasteiger partial charge in [0.25, 0.3) is 9.74 Å². The van der Waals surface area contributed by atoms with Gasteiger partial charge in [-0.1, -0.05) is 51.1 Å². The lowest BCUT2D eigenvalue weighted by atomic mass is 9.97. The predicted octanol–water partition coefficient (Wildman–Crippen LogP) is 4.31. The van der Waals surface area contributed by atoms with Crippen LogP contribution in [0.25, 0.3) is 9.69 Å². The van der Waals surface area contributed by atoms with E-state index in [4.69, 9.17) is 81.9 Å². The number of aliphatic carboxylic acids is 1. The van der Waals surface area contributed by atoms with Crippen LogP contribution in [-0.2, 0) is 57.2 Å². The molecule has 2 aliphatic rings. The van der Waals surface area contributed by atoms with Gasteiger partial charge in [0.05, 0.1) is 43.7 Å². The Balaban J connectivity index is 0.00000144. The van der Waals surface area contributed by atoms with Gasteiger partial charge in [-0.25, -0.2) is 13.1 Å². The van der Waals surface area contributed by atoms with Crippen molar-refractivity contribution in [3.8, 4) is 0 Å². The van der Waals surface area contributed by atoms with Crippen molar-refractivity contribution in [2.75, 3.05) is 83.2 Å². The predicted molar refractivity (Wildman–Crippen MR) is 349 cm³/mol. The lowest BCUT2D eigenvalue weighted by molar-refractivity contribution is -0.270. The van der Waals surface area contributed by atoms with Crippen LogP contribution >= 0.6 is 71.5 Å². The van der Waals surface area contributed by atoms with Gasteiger partial charge in [-0.05, 0) is 80.1 Å². The highest BCUT2D eigenvalue weighted by molar-refractivity contribution is 8.47. The number of Topliss-reactive ketones (excluding diaryl/α,β-unsaturated/α-hetero) is 2. The number of unbranched alkanes of at least 4 members (excludes halogenated alkanes) is 5. The molecule has 0 bridgehead atoms. The highest BCUT2D eigenvalue weighted by Gasteiger charge is 2.46. The molecule has 0 saturated carbocycles. The number of carbonyl (C=O) groups excluding carboxylic acids is 5. The fraction of sp³-hybridized carbons (Fsp3) is 0.825. The minimum Gasteiger partial charge on any atom is -0.481 e. The molecule has 12 atom stereocenters. The number of nitrogens with one attached hydrogen (secondary N) is 3. The number of hydrogen-bond donors (Lipinski definition) is 11. The first kappa shape index (κ1) is 85.3. The van der Waals surface area contributed by atoms with Gasteiger partial charge in [0.2, 0.25) is 17.7 Å². The van der Waals surface area contributed by atoms with E-state index < -0.39 is 96.1 Å². The molecule has 88 heavy (non-hydrogen) atoms. The quantitative estimate of drug-likeness (QED) is 0.0230. The van der Waals surface area contributed by atoms with Crippen molar-refractivity contribution < 1.29 is 92.9 Å². The molecular weight excluding hydrogens is 1270 g/mol. The summed E-state index contributed by atoms with van der Waals surface area (Å²) in [6.45, 7) is 26.9. The number of rotatable bonds is 43. The summed E-state index contributed by atoms with van der Waals surface area (Å²) < 4.78 is 34.3. The Labute approximate surface area is 547 Å². The number of thiocarbonyl (C=S) groups is 2. The molecule has 0 aromatic heterocycles. The molecule has 2 fully saturated rings. The van der Waals surface area contributed by atoms with Crippen molar-refractivity contribution in [1.29, 1.82) is 0 Å². The molecule has 0 spiro atoms. The molecule has 0 aromatic rings. The Bertz CT molecular complexity index is 2140. The van der Waals surface area contributed by atoms with Crippen molar-refractivity contribution in [3.05, 3.63) is 22.8 Å². The van der Waals surface area contributed by atoms with Crippen LogP contribution in [0.3, 0.4) is 0 Å². The van der Waals surface area contributed by atoms with E-state index in [1.807, 2.05) is 20.8 Å². The second kappa shape index (κ2) is 50.8. The summed E-state index contributed by atoms with van der Waals surface area (Å²) in [6, 6.07) is -1.84. The number of aliphatic hydroxyl groups is 6. The van der Waals surface area contributed by atoms with Crippen LogP contribution in [-0.4, -0.2) is 233 Å². The molecule has 25 nitrogen and oxygen atoms in total. The SMILES string of the molecule is CC(=O)N[C@H]1[C@H](OCCCCCN)O[C@H](CO)[C@H](O)[C@@H]1O.[C-]#[N+]C(C)(CCC(=O)CCCOCCC(=O)O)SC(=S)SCC.[C-]#[N+]C(C)(CCC(=O)NCCOCCC(=O)CCCCCCO[C@@H]1O[C@H](CO)[C@H](O)[C@H](O)[C@H]1NC(C)=O)SC(=S)CSCC. The van der Waals surface area contributed by atoms with E-state index in [1.165, 1.54) is 49.1 Å². The summed E-state index contributed by atoms with van der Waals surface area (Å²) >= 11 is 16.5. The second-order valence-corrected chi connectivity index (χ2v) is 28.3. The fourth-order valence-corrected chi connectivity index (χ4v) is 13.4. The van der Waals surface area contributed by atoms with Crippen molar-refractivity contribution in [2.24, 2.45) is 5.73 Å². The van der Waals surface area contributed by atoms with Gasteiger partial charge in [0.1, 0.15) is 63.8 Å². The van der Waals surface area contributed by atoms with Gasteiger partial charge >= 0.3 is 5.97 Å². The van der Waals surface area contributed by atoms with Crippen LogP contribution in [0.5, 0.6) is 0 Å². The van der Waals surface area contributed by atoms with Crippen molar-refractivity contribution in [1.82, 2.24) is 16.0 Å². The number of ether oxygens (including phenoxy) is 6. The summed E-state index contributed by atoms with van der Waals surface area (Å²) in [5.74, 6) is 0.937. The van der Waals surface area contributed by atoms with Crippen molar-refractivity contribution >= 4 is 114 Å². The van der Waals surface area contributed by atoms with E-state index in [9.17, 15) is 54.3 Å². The number of aliphatic hydroxyl groups excluding tert-OH is 6. The standard InChI is InChI=1S/C29H49N3O9S3.C15H23NO4S3.C13H26N2O6/c1-5-43-19-24(42)44-29(3,30-4)13-11-23(36)31-14-17-39-16-12-21(35)10-8-6-7-9-15-40-28-25(32-20(2)34)27(38)26(37)22(18-33)41-28;1-4-22-14(21)23-15(2,16-3)9-7-12(17)6-5-10-20-11-8-13(18)19;1-8(17)15-10-12(19)11(18)9(7-16)21-13(10)20-6-4-2-3-5-14/h22,25-28,33,37-38H,5-19H2,1-3H3,(H,31,36)(H,32,34);4-11H2,1-2H3,(H,18,19);9-13,16,18-19H,2-7,14H2,1H3,(H,15,17)/t22-,25-,26+,27-,28-,29?;;9-,10-,11+,12-,13-/m1.1/s1. The first-order chi connectivity index (χ1) is 41.8. The summed E-state index contributed by atoms with van der Waals surface area (Å²) in [5.41, 5.74) is 5.40. The molecule has 0 radical (unpaired) electrons. The number of ketones is 2. The fourth-order valence-electron chi connectivity index (χ4n) is 8.11. The normalized spacial score (nSPS) is 22.7. The van der Waals surface area contributed by atoms with E-state index >= 15 is 0 Å². The van der Waals surface area contributed by atoms with Crippen LogP contribution in [0.4, 0.5) is 0 Å². The van der Waals surface area contributed by atoms with Gasteiger partial charge in [0.15, 0.2) is 12.6 Å². The number of hydrogen-bond acceptors (Lipinski definition) is 25. The number of carbonyl (C=O) groups is 6. The Morgan fingerprint density at radius 1 is 0.614 bits per heavy atom. The average Bonchev–Trinajstić information content (AvgIpc) is 2.97. The van der Waals surface area contributed by atoms with E-state index in [0.29, 0.717) is 84.3 Å². The smallest absolute Gasteiger partial charge is 0.305 e. The monoisotopic (exact) mass is 1360 g/mol. The zero-order valence-electron chi connectivity index (χ0n) is 51.7. The van der Waals surface area contributed by atoms with Crippen LogP contribution in [0.15, 0.2) is 0 Å². The zero-order valence-corrected chi connectivity index (χ0v) is 56.6. The lowest BCUT2D eigenvalue weighted by Crippen LogP contribution is -2.64. The first-order valence-electron chi connectivity index (χ1n) is 29.6. The van der Waals surface area contributed by atoms with Gasteiger partial charge in [-0.15, -0.1) is 11.8 Å². The molecule has 0 aromatic carbocycles. The maximum Gasteiger partial charge on any atom is 0.305 e. The molecular formula is C57H98N6O19S6. The van der Waals surface area contributed by atoms with Crippen LogP contribution in [0, 0.1) is 13.1 Å². The minimum absolute atomic E-state index is 0.0236. The van der Waals surface area contributed by atoms with E-state index in [2.05, 4.69) is 32.6 Å². The van der Waals surface area contributed by atoms with Gasteiger partial charge < -0.3 is 85.9 Å². The van der Waals surface area contributed by atoms with Crippen molar-refractivity contribution in [3.63, 3.8) is 0 Å². The van der Waals surface area contributed by atoms with Crippen LogP contribution in [0.1, 0.15) is 144 Å². The Morgan fingerprint density at radius 2 is 1.10 bits per heavy atom. The number of nitrogens with two attached hydrogens (primary N) is 1. The average molecular weight is 1360 g/mol. The molecule has 2 heterocycles. The Morgan fingerprint density at radius 3 is 1.60 bits per heavy atom. The van der Waals surface area contributed by atoms with Gasteiger partial charge in [-0.3, -0.25) is 38.5 Å². The summed E-state index contributed by atoms with van der Waals surface area (Å²) in [4.78, 5) is 75.0. The lowest BCUT2D eigenvalue weighted by Gasteiger charge is -2.42. The zero-order chi connectivity index (χ0) is 66.5. The first-order valence-corrected chi connectivity index (χ1v) is 34.2. The van der Waals surface area contributed by atoms with Crippen LogP contribution < -0.4 is 21.7 Å². The molecule has 2 aliphatic heterocycles. The van der Waals surface area contributed by atoms with E-state index in [0.717, 1.165) is 63.5 Å². The highest BCUT2D eigenvalue weighted by atomic mass is 32.2. The molecule has 2 saturated heterocycles. The number of nitrogens with zero attached hydrogens (tertiary/aromatic N) is 2. The highest BCUT2D eigenvalue weighted by Crippen LogP contribution is 2.37. The topological polar surface area (TPSA) is 370 Å².